The van der Waals surface area contributed by atoms with Crippen molar-refractivity contribution in [2.75, 3.05) is 18.2 Å². The number of fused-ring (bicyclic) bond motifs is 3. The fraction of sp³-hybridized carbons (Fsp3) is 0.227. The van der Waals surface area contributed by atoms with E-state index in [0.29, 0.717) is 12.2 Å². The van der Waals surface area contributed by atoms with Crippen LogP contribution in [-0.4, -0.2) is 33.4 Å². The molecule has 0 fully saturated rings. The van der Waals surface area contributed by atoms with Crippen LogP contribution in [0.25, 0.3) is 16.6 Å². The molecule has 1 N–H and O–H groups in total. The zero-order chi connectivity index (χ0) is 20.4. The second kappa shape index (κ2) is 8.13. The maximum atomic E-state index is 12.3. The number of aryl methyl sites for hydroxylation is 2. The van der Waals surface area contributed by atoms with Crippen LogP contribution in [-0.2, 0) is 4.79 Å². The molecule has 0 aliphatic heterocycles. The van der Waals surface area contributed by atoms with Crippen molar-refractivity contribution in [1.29, 1.82) is 0 Å². The van der Waals surface area contributed by atoms with E-state index in [1.807, 2.05) is 24.3 Å². The summed E-state index contributed by atoms with van der Waals surface area (Å²) in [6, 6.07) is 15.6. The molecule has 2 aromatic heterocycles. The van der Waals surface area contributed by atoms with Crippen LogP contribution in [0.15, 0.2) is 53.7 Å². The van der Waals surface area contributed by atoms with Gasteiger partial charge in [-0.05, 0) is 55.3 Å². The second-order valence-corrected chi connectivity index (χ2v) is 7.91. The zero-order valence-corrected chi connectivity index (χ0v) is 17.4. The van der Waals surface area contributed by atoms with Gasteiger partial charge in [-0.25, -0.2) is 0 Å². The minimum Gasteiger partial charge on any atom is -0.497 e. The van der Waals surface area contributed by atoms with Gasteiger partial charge in [0, 0.05) is 23.2 Å². The molecule has 0 atom stereocenters. The summed E-state index contributed by atoms with van der Waals surface area (Å²) in [6.45, 7) is 4.19. The fourth-order valence-electron chi connectivity index (χ4n) is 3.36. The molecule has 0 saturated carbocycles. The normalized spacial score (nSPS) is 11.1. The highest BCUT2D eigenvalue weighted by Crippen LogP contribution is 2.28. The molecular formula is C22H22N4O2S. The molecule has 148 valence electrons. The van der Waals surface area contributed by atoms with Gasteiger partial charge in [-0.3, -0.25) is 9.20 Å². The summed E-state index contributed by atoms with van der Waals surface area (Å²) >= 11 is 1.54. The van der Waals surface area contributed by atoms with Gasteiger partial charge in [0.25, 0.3) is 0 Å². The molecule has 0 radical (unpaired) electrons. The van der Waals surface area contributed by atoms with Crippen molar-refractivity contribution in [2.45, 2.75) is 25.4 Å². The van der Waals surface area contributed by atoms with Crippen molar-refractivity contribution >= 4 is 39.9 Å². The Morgan fingerprint density at radius 1 is 1.10 bits per heavy atom. The smallest absolute Gasteiger partial charge is 0.225 e. The van der Waals surface area contributed by atoms with Crippen LogP contribution in [0.4, 0.5) is 5.69 Å². The predicted molar refractivity (Wildman–Crippen MR) is 117 cm³/mol. The molecule has 4 rings (SSSR count). The van der Waals surface area contributed by atoms with E-state index in [1.54, 1.807) is 7.11 Å². The highest BCUT2D eigenvalue weighted by atomic mass is 32.2. The van der Waals surface area contributed by atoms with Crippen LogP contribution in [0.5, 0.6) is 5.75 Å². The number of carbonyl (C=O) groups is 1. The lowest BCUT2D eigenvalue weighted by Gasteiger charge is -2.10. The van der Waals surface area contributed by atoms with E-state index >= 15 is 0 Å². The number of anilines is 1. The first-order chi connectivity index (χ1) is 14.1. The van der Waals surface area contributed by atoms with Crippen LogP contribution in [0, 0.1) is 13.8 Å². The number of para-hydroxylation sites is 1. The summed E-state index contributed by atoms with van der Waals surface area (Å²) in [6.07, 6.45) is 0.383. The summed E-state index contributed by atoms with van der Waals surface area (Å²) in [7, 11) is 1.62. The van der Waals surface area contributed by atoms with Gasteiger partial charge in [0.2, 0.25) is 5.91 Å². The highest BCUT2D eigenvalue weighted by Gasteiger charge is 2.13. The Hall–Kier alpha value is -3.06. The van der Waals surface area contributed by atoms with Crippen LogP contribution in [0.2, 0.25) is 0 Å². The Bertz CT molecular complexity index is 1190. The minimum absolute atomic E-state index is 0.0339. The summed E-state index contributed by atoms with van der Waals surface area (Å²) < 4.78 is 7.22. The van der Waals surface area contributed by atoms with E-state index in [4.69, 9.17) is 4.74 Å². The van der Waals surface area contributed by atoms with Gasteiger partial charge in [0.15, 0.2) is 10.8 Å². The number of ether oxygens (including phenoxy) is 1. The molecular weight excluding hydrogens is 384 g/mol. The number of rotatable bonds is 6. The van der Waals surface area contributed by atoms with E-state index in [1.165, 1.54) is 28.3 Å². The Balaban J connectivity index is 1.48. The van der Waals surface area contributed by atoms with Crippen molar-refractivity contribution in [3.63, 3.8) is 0 Å². The summed E-state index contributed by atoms with van der Waals surface area (Å²) in [4.78, 5) is 12.3. The zero-order valence-electron chi connectivity index (χ0n) is 16.6. The van der Waals surface area contributed by atoms with E-state index in [9.17, 15) is 4.79 Å². The average molecular weight is 407 g/mol. The Labute approximate surface area is 173 Å². The molecule has 0 bridgehead atoms. The van der Waals surface area contributed by atoms with Gasteiger partial charge < -0.3 is 10.1 Å². The molecule has 0 aliphatic carbocycles. The molecule has 29 heavy (non-hydrogen) atoms. The molecule has 0 spiro atoms. The monoisotopic (exact) mass is 406 g/mol. The largest absolute Gasteiger partial charge is 0.497 e. The van der Waals surface area contributed by atoms with Gasteiger partial charge in [0.1, 0.15) is 5.75 Å². The number of benzene rings is 2. The van der Waals surface area contributed by atoms with Gasteiger partial charge in [-0.2, -0.15) is 0 Å². The summed E-state index contributed by atoms with van der Waals surface area (Å²) in [5.41, 5.74) is 5.06. The molecule has 0 aliphatic rings. The topological polar surface area (TPSA) is 68.5 Å². The molecule has 6 nitrogen and oxygen atoms in total. The van der Waals surface area contributed by atoms with Gasteiger partial charge in [-0.15, -0.1) is 10.2 Å². The molecule has 0 unspecified atom stereocenters. The molecule has 2 heterocycles. The third-order valence-corrected chi connectivity index (χ3v) is 5.75. The predicted octanol–water partition coefficient (Wildman–Crippen LogP) is 4.63. The Kier molecular flexibility index (Phi) is 5.40. The lowest BCUT2D eigenvalue weighted by Crippen LogP contribution is -2.12. The van der Waals surface area contributed by atoms with Gasteiger partial charge in [0.05, 0.1) is 12.6 Å². The summed E-state index contributed by atoms with van der Waals surface area (Å²) in [5, 5.41) is 13.6. The van der Waals surface area contributed by atoms with E-state index in [-0.39, 0.29) is 5.91 Å². The van der Waals surface area contributed by atoms with Crippen molar-refractivity contribution in [3.8, 4) is 5.75 Å². The van der Waals surface area contributed by atoms with Gasteiger partial charge in [-0.1, -0.05) is 30.0 Å². The lowest BCUT2D eigenvalue weighted by molar-refractivity contribution is -0.115. The first-order valence-corrected chi connectivity index (χ1v) is 10.4. The van der Waals surface area contributed by atoms with Crippen LogP contribution >= 0.6 is 11.8 Å². The number of pyridine rings is 1. The quantitative estimate of drug-likeness (QED) is 0.473. The highest BCUT2D eigenvalue weighted by molar-refractivity contribution is 7.99. The van der Waals surface area contributed by atoms with Crippen LogP contribution < -0.4 is 10.1 Å². The van der Waals surface area contributed by atoms with Crippen LogP contribution in [0.1, 0.15) is 17.5 Å². The van der Waals surface area contributed by atoms with Crippen LogP contribution in [0.3, 0.4) is 0 Å². The molecule has 1 amide bonds. The number of hydrogen-bond acceptors (Lipinski definition) is 5. The first-order valence-electron chi connectivity index (χ1n) is 9.37. The third kappa shape index (κ3) is 3.91. The number of hydrogen-bond donors (Lipinski definition) is 1. The molecule has 0 saturated heterocycles. The number of thioether (sulfide) groups is 1. The number of nitrogens with one attached hydrogen (secondary N) is 1. The average Bonchev–Trinajstić information content (AvgIpc) is 3.11. The maximum absolute atomic E-state index is 12.3. The van der Waals surface area contributed by atoms with E-state index in [0.717, 1.165) is 27.8 Å². The fourth-order valence-corrected chi connectivity index (χ4v) is 4.24. The van der Waals surface area contributed by atoms with Crippen molar-refractivity contribution in [2.24, 2.45) is 0 Å². The minimum atomic E-state index is -0.0339. The molecule has 4 aromatic rings. The van der Waals surface area contributed by atoms with E-state index < -0.39 is 0 Å². The Morgan fingerprint density at radius 2 is 1.90 bits per heavy atom. The van der Waals surface area contributed by atoms with Crippen molar-refractivity contribution in [1.82, 2.24) is 14.6 Å². The molecule has 2 aromatic carbocycles. The third-order valence-electron chi connectivity index (χ3n) is 4.82. The number of nitrogens with zero attached hydrogens (tertiary/aromatic N) is 3. The van der Waals surface area contributed by atoms with Crippen molar-refractivity contribution < 1.29 is 9.53 Å². The number of amides is 1. The standard InChI is InChI=1S/C22H22N4O2S/c1-14-5-4-6-18-15(2)13-19-24-25-22(26(19)21(14)18)29-12-11-20(27)23-16-7-9-17(28-3)10-8-16/h4-10,13H,11-12H2,1-3H3,(H,23,27). The Morgan fingerprint density at radius 3 is 2.66 bits per heavy atom. The van der Waals surface area contributed by atoms with Gasteiger partial charge >= 0.3 is 0 Å². The number of methoxy groups -OCH3 is 1. The van der Waals surface area contributed by atoms with E-state index in [2.05, 4.69) is 58.0 Å². The van der Waals surface area contributed by atoms with Crippen molar-refractivity contribution in [3.05, 3.63) is 59.7 Å². The number of aromatic nitrogens is 3. The maximum Gasteiger partial charge on any atom is 0.225 e. The SMILES string of the molecule is COc1ccc(NC(=O)CCSc2nnc3cc(C)c4cccc(C)c4n23)cc1. The first kappa shape index (κ1) is 19.3. The number of carbonyl (C=O) groups excluding carboxylic acids is 1. The second-order valence-electron chi connectivity index (χ2n) is 6.85. The molecule has 7 heteroatoms. The summed E-state index contributed by atoms with van der Waals surface area (Å²) in [5.74, 6) is 1.34. The lowest BCUT2D eigenvalue weighted by atomic mass is 10.1.